The second-order valence-corrected chi connectivity index (χ2v) is 8.48. The van der Waals surface area contributed by atoms with Crippen molar-refractivity contribution >= 4 is 33.3 Å². The van der Waals surface area contributed by atoms with E-state index < -0.39 is 28.0 Å². The first-order valence-corrected chi connectivity index (χ1v) is 10.8. The van der Waals surface area contributed by atoms with Crippen molar-refractivity contribution in [1.29, 1.82) is 0 Å². The molecule has 8 nitrogen and oxygen atoms in total. The van der Waals surface area contributed by atoms with E-state index in [0.717, 1.165) is 0 Å². The number of anilines is 2. The van der Waals surface area contributed by atoms with Crippen LogP contribution >= 0.6 is 0 Å². The topological polar surface area (TPSA) is 102 Å². The van der Waals surface area contributed by atoms with E-state index in [9.17, 15) is 18.0 Å². The second kappa shape index (κ2) is 8.52. The normalized spacial score (nSPS) is 15.8. The fourth-order valence-electron chi connectivity index (χ4n) is 2.92. The van der Waals surface area contributed by atoms with Crippen LogP contribution < -0.4 is 14.4 Å². The summed E-state index contributed by atoms with van der Waals surface area (Å²) in [5, 5.41) is 2.68. The van der Waals surface area contributed by atoms with Crippen LogP contribution in [0, 0.1) is 0 Å². The number of amides is 1. The Balaban J connectivity index is 1.82. The van der Waals surface area contributed by atoms with E-state index in [1.165, 1.54) is 10.4 Å². The van der Waals surface area contributed by atoms with Crippen LogP contribution in [-0.4, -0.2) is 45.3 Å². The first-order chi connectivity index (χ1) is 13.9. The summed E-state index contributed by atoms with van der Waals surface area (Å²) in [4.78, 5) is 24.6. The third-order valence-electron chi connectivity index (χ3n) is 4.37. The molecule has 1 unspecified atom stereocenters. The van der Waals surface area contributed by atoms with Gasteiger partial charge in [0, 0.05) is 5.69 Å². The zero-order valence-electron chi connectivity index (χ0n) is 16.1. The Morgan fingerprint density at radius 3 is 2.66 bits per heavy atom. The van der Waals surface area contributed by atoms with Crippen molar-refractivity contribution in [2.45, 2.75) is 20.0 Å². The average molecular weight is 418 g/mol. The number of nitrogens with one attached hydrogen (secondary N) is 1. The first kappa shape index (κ1) is 20.7. The SMILES string of the molecule is CCOC(=O)c1cccc(NC(=O)C2CN(S(=O)(=O)CC)c3ccccc3O2)c1. The molecule has 0 radical (unpaired) electrons. The molecular formula is C20H22N2O6S. The zero-order valence-corrected chi connectivity index (χ0v) is 16.9. The molecule has 1 aliphatic rings. The Bertz CT molecular complexity index is 1020. The molecule has 0 saturated heterocycles. The minimum atomic E-state index is -3.59. The largest absolute Gasteiger partial charge is 0.476 e. The summed E-state index contributed by atoms with van der Waals surface area (Å²) < 4.78 is 36.9. The fourth-order valence-corrected chi connectivity index (χ4v) is 4.04. The van der Waals surface area contributed by atoms with Gasteiger partial charge in [-0.15, -0.1) is 0 Å². The predicted molar refractivity (Wildman–Crippen MR) is 109 cm³/mol. The van der Waals surface area contributed by atoms with Crippen LogP contribution in [0.1, 0.15) is 24.2 Å². The van der Waals surface area contributed by atoms with Crippen molar-refractivity contribution in [3.05, 3.63) is 54.1 Å². The molecule has 0 aromatic heterocycles. The summed E-state index contributed by atoms with van der Waals surface area (Å²) in [6, 6.07) is 13.0. The van der Waals surface area contributed by atoms with Crippen molar-refractivity contribution in [2.24, 2.45) is 0 Å². The molecule has 154 valence electrons. The molecule has 1 N–H and O–H groups in total. The van der Waals surface area contributed by atoms with Gasteiger partial charge in [-0.3, -0.25) is 9.10 Å². The molecule has 1 heterocycles. The minimum absolute atomic E-state index is 0.0999. The monoisotopic (exact) mass is 418 g/mol. The van der Waals surface area contributed by atoms with Gasteiger partial charge in [-0.2, -0.15) is 0 Å². The van der Waals surface area contributed by atoms with E-state index in [1.54, 1.807) is 56.3 Å². The van der Waals surface area contributed by atoms with Crippen LogP contribution in [-0.2, 0) is 19.6 Å². The molecule has 1 atom stereocenters. The first-order valence-electron chi connectivity index (χ1n) is 9.20. The van der Waals surface area contributed by atoms with E-state index in [-0.39, 0.29) is 18.9 Å². The maximum Gasteiger partial charge on any atom is 0.338 e. The van der Waals surface area contributed by atoms with Crippen LogP contribution in [0.4, 0.5) is 11.4 Å². The second-order valence-electron chi connectivity index (χ2n) is 6.30. The number of rotatable bonds is 6. The number of benzene rings is 2. The number of ether oxygens (including phenoxy) is 2. The molecule has 2 aromatic rings. The third kappa shape index (κ3) is 4.51. The quantitative estimate of drug-likeness (QED) is 0.723. The summed E-state index contributed by atoms with van der Waals surface area (Å²) in [5.74, 6) is -0.795. The predicted octanol–water partition coefficient (Wildman–Crippen LogP) is 2.42. The van der Waals surface area contributed by atoms with Crippen molar-refractivity contribution in [2.75, 3.05) is 28.5 Å². The van der Waals surface area contributed by atoms with Crippen molar-refractivity contribution in [3.8, 4) is 5.75 Å². The highest BCUT2D eigenvalue weighted by atomic mass is 32.2. The van der Waals surface area contributed by atoms with Crippen LogP contribution in [0.15, 0.2) is 48.5 Å². The number of carbonyl (C=O) groups excluding carboxylic acids is 2. The molecule has 0 saturated carbocycles. The highest BCUT2D eigenvalue weighted by molar-refractivity contribution is 7.92. The molecule has 0 spiro atoms. The van der Waals surface area contributed by atoms with Gasteiger partial charge in [-0.05, 0) is 44.2 Å². The molecule has 2 aromatic carbocycles. The van der Waals surface area contributed by atoms with E-state index in [2.05, 4.69) is 5.32 Å². The summed E-state index contributed by atoms with van der Waals surface area (Å²) >= 11 is 0. The molecule has 0 aliphatic carbocycles. The molecule has 29 heavy (non-hydrogen) atoms. The van der Waals surface area contributed by atoms with Crippen LogP contribution in [0.5, 0.6) is 5.75 Å². The number of fused-ring (bicyclic) bond motifs is 1. The third-order valence-corrected chi connectivity index (χ3v) is 6.12. The van der Waals surface area contributed by atoms with Crippen LogP contribution in [0.3, 0.4) is 0 Å². The van der Waals surface area contributed by atoms with Gasteiger partial charge in [0.15, 0.2) is 6.10 Å². The lowest BCUT2D eigenvalue weighted by Crippen LogP contribution is -2.49. The lowest BCUT2D eigenvalue weighted by Gasteiger charge is -2.34. The minimum Gasteiger partial charge on any atom is -0.476 e. The number of hydrogen-bond donors (Lipinski definition) is 1. The number of carbonyl (C=O) groups is 2. The van der Waals surface area contributed by atoms with Gasteiger partial charge in [0.05, 0.1) is 30.2 Å². The van der Waals surface area contributed by atoms with Gasteiger partial charge in [-0.1, -0.05) is 18.2 Å². The van der Waals surface area contributed by atoms with Gasteiger partial charge in [0.25, 0.3) is 5.91 Å². The van der Waals surface area contributed by atoms with Gasteiger partial charge >= 0.3 is 5.97 Å². The van der Waals surface area contributed by atoms with E-state index in [1.807, 2.05) is 0 Å². The average Bonchev–Trinajstić information content (AvgIpc) is 2.73. The summed E-state index contributed by atoms with van der Waals surface area (Å²) in [5.41, 5.74) is 1.09. The molecule has 0 fully saturated rings. The van der Waals surface area contributed by atoms with Gasteiger partial charge in [-0.25, -0.2) is 13.2 Å². The molecule has 3 rings (SSSR count). The number of sulfonamides is 1. The van der Waals surface area contributed by atoms with Crippen LogP contribution in [0.25, 0.3) is 0 Å². The molecular weight excluding hydrogens is 396 g/mol. The molecule has 0 bridgehead atoms. The molecule has 1 amide bonds. The van der Waals surface area contributed by atoms with Crippen molar-refractivity contribution < 1.29 is 27.5 Å². The number of para-hydroxylation sites is 2. The van der Waals surface area contributed by atoms with Crippen LogP contribution in [0.2, 0.25) is 0 Å². The lowest BCUT2D eigenvalue weighted by molar-refractivity contribution is -0.122. The van der Waals surface area contributed by atoms with E-state index in [4.69, 9.17) is 9.47 Å². The van der Waals surface area contributed by atoms with Gasteiger partial charge in [0.1, 0.15) is 5.75 Å². The standard InChI is InChI=1S/C20H22N2O6S/c1-3-27-20(24)14-8-7-9-15(12-14)21-19(23)18-13-22(29(25,26)4-2)16-10-5-6-11-17(16)28-18/h5-12,18H,3-4,13H2,1-2H3,(H,21,23). The number of esters is 1. The molecule has 9 heteroatoms. The smallest absolute Gasteiger partial charge is 0.338 e. The highest BCUT2D eigenvalue weighted by Gasteiger charge is 2.35. The highest BCUT2D eigenvalue weighted by Crippen LogP contribution is 2.35. The van der Waals surface area contributed by atoms with Crippen molar-refractivity contribution in [3.63, 3.8) is 0 Å². The van der Waals surface area contributed by atoms with E-state index in [0.29, 0.717) is 22.7 Å². The molecule has 1 aliphatic heterocycles. The maximum atomic E-state index is 12.8. The Morgan fingerprint density at radius 1 is 1.17 bits per heavy atom. The Kier molecular flexibility index (Phi) is 6.07. The Morgan fingerprint density at radius 2 is 1.93 bits per heavy atom. The zero-order chi connectivity index (χ0) is 21.0. The summed E-state index contributed by atoms with van der Waals surface area (Å²) in [6.07, 6.45) is -1.04. The Hall–Kier alpha value is -3.07. The maximum absolute atomic E-state index is 12.8. The van der Waals surface area contributed by atoms with Gasteiger partial charge < -0.3 is 14.8 Å². The number of hydrogen-bond acceptors (Lipinski definition) is 6. The Labute approximate surface area is 169 Å². The van der Waals surface area contributed by atoms with E-state index >= 15 is 0 Å². The number of nitrogens with zero attached hydrogens (tertiary/aromatic N) is 1. The summed E-state index contributed by atoms with van der Waals surface area (Å²) in [7, 11) is -3.59. The summed E-state index contributed by atoms with van der Waals surface area (Å²) in [6.45, 7) is 3.35. The van der Waals surface area contributed by atoms with Gasteiger partial charge in [0.2, 0.25) is 10.0 Å². The fraction of sp³-hybridized carbons (Fsp3) is 0.300. The van der Waals surface area contributed by atoms with Crippen molar-refractivity contribution in [1.82, 2.24) is 0 Å². The lowest BCUT2D eigenvalue weighted by atomic mass is 10.2.